The number of rotatable bonds is 2. The maximum atomic E-state index is 12.5. The van der Waals surface area contributed by atoms with Crippen LogP contribution in [0.1, 0.15) is 31.4 Å². The molecule has 2 heterocycles. The topological polar surface area (TPSA) is 85.6 Å². The van der Waals surface area contributed by atoms with Gasteiger partial charge in [-0.1, -0.05) is 0 Å². The molecular formula is C19H19NO5. The van der Waals surface area contributed by atoms with Crippen LogP contribution in [0.3, 0.4) is 0 Å². The molecule has 0 bridgehead atoms. The minimum Gasteiger partial charge on any atom is -0.481 e. The van der Waals surface area contributed by atoms with Crippen molar-refractivity contribution in [3.05, 3.63) is 51.6 Å². The van der Waals surface area contributed by atoms with Crippen molar-refractivity contribution in [2.45, 2.75) is 39.7 Å². The molecule has 6 nitrogen and oxygen atoms in total. The Morgan fingerprint density at radius 2 is 1.84 bits per heavy atom. The molecule has 0 radical (unpaired) electrons. The third kappa shape index (κ3) is 3.47. The molecule has 25 heavy (non-hydrogen) atoms. The molecule has 1 amide bonds. The molecule has 0 spiro atoms. The fraction of sp³-hybridized carbons (Fsp3) is 0.316. The first-order chi connectivity index (χ1) is 11.6. The first-order valence-electron chi connectivity index (χ1n) is 7.95. The first-order valence-corrected chi connectivity index (χ1v) is 7.95. The number of allylic oxidation sites excluding steroid dienone is 1. The fourth-order valence-corrected chi connectivity index (χ4v) is 2.88. The Bertz CT molecular complexity index is 981. The number of fused-ring (bicyclic) bond motifs is 1. The quantitative estimate of drug-likeness (QED) is 0.849. The van der Waals surface area contributed by atoms with E-state index in [0.29, 0.717) is 11.3 Å². The molecule has 1 aliphatic heterocycles. The van der Waals surface area contributed by atoms with E-state index in [0.717, 1.165) is 16.5 Å². The van der Waals surface area contributed by atoms with Gasteiger partial charge in [-0.25, -0.2) is 4.79 Å². The highest BCUT2D eigenvalue weighted by Crippen LogP contribution is 2.28. The maximum Gasteiger partial charge on any atom is 0.336 e. The van der Waals surface area contributed by atoms with Gasteiger partial charge in [-0.3, -0.25) is 9.59 Å². The summed E-state index contributed by atoms with van der Waals surface area (Å²) >= 11 is 0. The van der Waals surface area contributed by atoms with E-state index < -0.39 is 17.1 Å². The number of carbonyl (C=O) groups excluding carboxylic acids is 2. The SMILES string of the molecule is Cc1cc2oc(=O)cc(C)c2cc1NC(=O)C1=CC(=O)CC(C)(C)O1. The monoisotopic (exact) mass is 341 g/mol. The zero-order valence-electron chi connectivity index (χ0n) is 14.6. The van der Waals surface area contributed by atoms with E-state index in [9.17, 15) is 14.4 Å². The lowest BCUT2D eigenvalue weighted by Gasteiger charge is -2.29. The summed E-state index contributed by atoms with van der Waals surface area (Å²) in [4.78, 5) is 35.8. The Hall–Kier alpha value is -2.89. The number of aryl methyl sites for hydroxylation is 2. The molecule has 1 N–H and O–H groups in total. The van der Waals surface area contributed by atoms with Gasteiger partial charge in [-0.05, 0) is 51.0 Å². The van der Waals surface area contributed by atoms with E-state index in [1.54, 1.807) is 39.8 Å². The summed E-state index contributed by atoms with van der Waals surface area (Å²) in [7, 11) is 0. The normalized spacial score (nSPS) is 16.3. The number of benzene rings is 1. The summed E-state index contributed by atoms with van der Waals surface area (Å²) in [5.41, 5.74) is 1.39. The Kier molecular flexibility index (Phi) is 3.99. The summed E-state index contributed by atoms with van der Waals surface area (Å²) in [6.07, 6.45) is 1.46. The molecule has 0 atom stereocenters. The summed E-state index contributed by atoms with van der Waals surface area (Å²) in [5, 5.41) is 3.50. The second kappa shape index (κ2) is 5.88. The molecular weight excluding hydrogens is 322 g/mol. The van der Waals surface area contributed by atoms with Crippen molar-refractivity contribution in [3.8, 4) is 0 Å². The van der Waals surface area contributed by atoms with Crippen molar-refractivity contribution in [3.63, 3.8) is 0 Å². The van der Waals surface area contributed by atoms with Gasteiger partial charge >= 0.3 is 5.63 Å². The summed E-state index contributed by atoms with van der Waals surface area (Å²) < 4.78 is 10.8. The Balaban J connectivity index is 1.95. The van der Waals surface area contributed by atoms with Gasteiger partial charge in [0.15, 0.2) is 11.5 Å². The molecule has 0 saturated carbocycles. The highest BCUT2D eigenvalue weighted by atomic mass is 16.5. The predicted molar refractivity (Wildman–Crippen MR) is 93.5 cm³/mol. The average Bonchev–Trinajstić information content (AvgIpc) is 2.46. The van der Waals surface area contributed by atoms with Crippen LogP contribution < -0.4 is 10.9 Å². The average molecular weight is 341 g/mol. The number of carbonyl (C=O) groups is 2. The molecule has 1 aromatic heterocycles. The Labute approximate surface area is 144 Å². The van der Waals surface area contributed by atoms with Gasteiger partial charge < -0.3 is 14.5 Å². The van der Waals surface area contributed by atoms with Gasteiger partial charge in [-0.15, -0.1) is 0 Å². The van der Waals surface area contributed by atoms with Gasteiger partial charge in [0, 0.05) is 29.6 Å². The minimum atomic E-state index is -0.711. The van der Waals surface area contributed by atoms with Gasteiger partial charge in [0.25, 0.3) is 5.91 Å². The molecule has 0 aliphatic carbocycles. The van der Waals surface area contributed by atoms with Crippen molar-refractivity contribution in [1.82, 2.24) is 0 Å². The molecule has 0 unspecified atom stereocenters. The number of anilines is 1. The van der Waals surface area contributed by atoms with Crippen LogP contribution in [0.5, 0.6) is 0 Å². The lowest BCUT2D eigenvalue weighted by molar-refractivity contribution is -0.128. The third-order valence-electron chi connectivity index (χ3n) is 4.05. The van der Waals surface area contributed by atoms with Crippen molar-refractivity contribution < 1.29 is 18.7 Å². The fourth-order valence-electron chi connectivity index (χ4n) is 2.88. The van der Waals surface area contributed by atoms with E-state index in [2.05, 4.69) is 5.32 Å². The third-order valence-corrected chi connectivity index (χ3v) is 4.05. The van der Waals surface area contributed by atoms with Gasteiger partial charge in [0.05, 0.1) is 0 Å². The van der Waals surface area contributed by atoms with E-state index in [-0.39, 0.29) is 18.0 Å². The number of ketones is 1. The van der Waals surface area contributed by atoms with Crippen molar-refractivity contribution in [2.24, 2.45) is 0 Å². The minimum absolute atomic E-state index is 0.00272. The van der Waals surface area contributed by atoms with Gasteiger partial charge in [0.2, 0.25) is 0 Å². The van der Waals surface area contributed by atoms with Crippen LogP contribution in [-0.2, 0) is 14.3 Å². The molecule has 1 aromatic carbocycles. The predicted octanol–water partition coefficient (Wildman–Crippen LogP) is 3.00. The van der Waals surface area contributed by atoms with E-state index >= 15 is 0 Å². The smallest absolute Gasteiger partial charge is 0.336 e. The number of hydrogen-bond acceptors (Lipinski definition) is 5. The van der Waals surface area contributed by atoms with Crippen molar-refractivity contribution in [1.29, 1.82) is 0 Å². The first kappa shape index (κ1) is 17.0. The van der Waals surface area contributed by atoms with Crippen LogP contribution in [0.2, 0.25) is 0 Å². The highest BCUT2D eigenvalue weighted by Gasteiger charge is 2.31. The Morgan fingerprint density at radius 3 is 2.52 bits per heavy atom. The van der Waals surface area contributed by atoms with Gasteiger partial charge in [-0.2, -0.15) is 0 Å². The number of ether oxygens (including phenoxy) is 1. The molecule has 0 fully saturated rings. The molecule has 0 saturated heterocycles. The molecule has 3 rings (SSSR count). The summed E-state index contributed by atoms with van der Waals surface area (Å²) in [5.74, 6) is -0.634. The van der Waals surface area contributed by atoms with Crippen LogP contribution in [-0.4, -0.2) is 17.3 Å². The second-order valence-corrected chi connectivity index (χ2v) is 6.88. The van der Waals surface area contributed by atoms with Crippen LogP contribution in [0, 0.1) is 13.8 Å². The van der Waals surface area contributed by atoms with Crippen LogP contribution >= 0.6 is 0 Å². The molecule has 2 aromatic rings. The second-order valence-electron chi connectivity index (χ2n) is 6.88. The largest absolute Gasteiger partial charge is 0.481 e. The van der Waals surface area contributed by atoms with Crippen LogP contribution in [0.4, 0.5) is 5.69 Å². The number of hydrogen-bond donors (Lipinski definition) is 1. The lowest BCUT2D eigenvalue weighted by Crippen LogP contribution is -2.34. The molecule has 1 aliphatic rings. The van der Waals surface area contributed by atoms with Gasteiger partial charge in [0.1, 0.15) is 11.2 Å². The number of nitrogens with one attached hydrogen (secondary N) is 1. The molecule has 130 valence electrons. The summed E-state index contributed by atoms with van der Waals surface area (Å²) in [6.45, 7) is 7.12. The standard InChI is InChI=1S/C19H19NO5/c1-10-6-17(22)24-15-5-11(2)14(8-13(10)15)20-18(23)16-7-12(21)9-19(3,4)25-16/h5-8H,9H2,1-4H3,(H,20,23). The summed E-state index contributed by atoms with van der Waals surface area (Å²) in [6, 6.07) is 4.85. The van der Waals surface area contributed by atoms with Crippen molar-refractivity contribution >= 4 is 28.3 Å². The van der Waals surface area contributed by atoms with E-state index in [1.165, 1.54) is 12.1 Å². The maximum absolute atomic E-state index is 12.5. The van der Waals surface area contributed by atoms with Crippen LogP contribution in [0.15, 0.2) is 39.2 Å². The zero-order chi connectivity index (χ0) is 18.4. The lowest BCUT2D eigenvalue weighted by atomic mass is 9.98. The highest BCUT2D eigenvalue weighted by molar-refractivity contribution is 6.08. The van der Waals surface area contributed by atoms with Crippen molar-refractivity contribution in [2.75, 3.05) is 5.32 Å². The Morgan fingerprint density at radius 1 is 1.12 bits per heavy atom. The van der Waals surface area contributed by atoms with E-state index in [4.69, 9.17) is 9.15 Å². The molecule has 6 heteroatoms. The number of amides is 1. The van der Waals surface area contributed by atoms with E-state index in [1.807, 2.05) is 0 Å². The van der Waals surface area contributed by atoms with Crippen LogP contribution in [0.25, 0.3) is 11.0 Å². The zero-order valence-corrected chi connectivity index (χ0v) is 14.6.